The van der Waals surface area contributed by atoms with Crippen LogP contribution in [0.25, 0.3) is 0 Å². The predicted octanol–water partition coefficient (Wildman–Crippen LogP) is 2.04. The summed E-state index contributed by atoms with van der Waals surface area (Å²) in [5, 5.41) is 5.98. The number of benzene rings is 1. The number of nitrogens with one attached hydrogen (secondary N) is 2. The lowest BCUT2D eigenvalue weighted by Gasteiger charge is -2.18. The lowest BCUT2D eigenvalue weighted by atomic mass is 10.1. The van der Waals surface area contributed by atoms with Crippen molar-refractivity contribution in [2.24, 2.45) is 0 Å². The van der Waals surface area contributed by atoms with Gasteiger partial charge >= 0.3 is 0 Å². The van der Waals surface area contributed by atoms with E-state index in [4.69, 9.17) is 11.6 Å². The Labute approximate surface area is 112 Å². The Morgan fingerprint density at radius 1 is 1.22 bits per heavy atom. The number of halogens is 1. The zero-order valence-electron chi connectivity index (χ0n) is 10.7. The van der Waals surface area contributed by atoms with Crippen LogP contribution in [0.5, 0.6) is 0 Å². The Morgan fingerprint density at radius 2 is 1.89 bits per heavy atom. The maximum Gasteiger partial charge on any atom is 0.242 e. The molecule has 4 nitrogen and oxygen atoms in total. The normalized spacial score (nSPS) is 13.6. The molecular weight excluding hydrogens is 252 g/mol. The van der Waals surface area contributed by atoms with Crippen LogP contribution in [0.2, 0.25) is 5.02 Å². The lowest BCUT2D eigenvalue weighted by molar-refractivity contribution is -0.128. The van der Waals surface area contributed by atoms with Gasteiger partial charge in [0.25, 0.3) is 0 Å². The van der Waals surface area contributed by atoms with Crippen LogP contribution in [0.1, 0.15) is 32.4 Å². The van der Waals surface area contributed by atoms with Crippen LogP contribution in [0.15, 0.2) is 24.3 Å². The summed E-state index contributed by atoms with van der Waals surface area (Å²) >= 11 is 5.89. The highest BCUT2D eigenvalue weighted by Crippen LogP contribution is 2.17. The molecule has 0 fully saturated rings. The standard InChI is InChI=1S/C13H17ClN2O2/c1-8(11-5-4-6-12(14)7-11)16-13(18)9(2)15-10(3)17/h4-9H,1-3H3,(H,15,17)(H,16,18)/t8-,9-/m0/s1. The highest BCUT2D eigenvalue weighted by Gasteiger charge is 2.16. The van der Waals surface area contributed by atoms with Gasteiger partial charge in [0.2, 0.25) is 11.8 Å². The van der Waals surface area contributed by atoms with Gasteiger partial charge in [0, 0.05) is 11.9 Å². The minimum atomic E-state index is -0.552. The van der Waals surface area contributed by atoms with Gasteiger partial charge in [-0.1, -0.05) is 23.7 Å². The molecule has 0 unspecified atom stereocenters. The van der Waals surface area contributed by atoms with Gasteiger partial charge in [-0.2, -0.15) is 0 Å². The summed E-state index contributed by atoms with van der Waals surface area (Å²) in [4.78, 5) is 22.6. The molecule has 0 aromatic heterocycles. The van der Waals surface area contributed by atoms with Crippen molar-refractivity contribution < 1.29 is 9.59 Å². The smallest absolute Gasteiger partial charge is 0.242 e. The molecule has 0 aliphatic heterocycles. The van der Waals surface area contributed by atoms with Gasteiger partial charge in [0.1, 0.15) is 6.04 Å². The summed E-state index contributed by atoms with van der Waals surface area (Å²) in [6, 6.07) is 6.59. The summed E-state index contributed by atoms with van der Waals surface area (Å²) in [6.45, 7) is 4.88. The maximum atomic E-state index is 11.8. The third kappa shape index (κ3) is 4.37. The van der Waals surface area contributed by atoms with Crippen molar-refractivity contribution in [1.29, 1.82) is 0 Å². The van der Waals surface area contributed by atoms with E-state index in [1.165, 1.54) is 6.92 Å². The first-order valence-electron chi connectivity index (χ1n) is 5.73. The third-order valence-corrected chi connectivity index (χ3v) is 2.76. The van der Waals surface area contributed by atoms with Crippen molar-refractivity contribution >= 4 is 23.4 Å². The maximum absolute atomic E-state index is 11.8. The molecule has 1 aromatic carbocycles. The van der Waals surface area contributed by atoms with Crippen LogP contribution < -0.4 is 10.6 Å². The third-order valence-electron chi connectivity index (χ3n) is 2.52. The number of carbonyl (C=O) groups is 2. The highest BCUT2D eigenvalue weighted by atomic mass is 35.5. The second kappa shape index (κ2) is 6.40. The van der Waals surface area contributed by atoms with Crippen molar-refractivity contribution in [1.82, 2.24) is 10.6 Å². The second-order valence-electron chi connectivity index (χ2n) is 4.21. The molecule has 0 aliphatic rings. The van der Waals surface area contributed by atoms with E-state index in [0.29, 0.717) is 5.02 Å². The minimum absolute atomic E-state index is 0.160. The zero-order chi connectivity index (χ0) is 13.7. The molecule has 98 valence electrons. The fourth-order valence-electron chi connectivity index (χ4n) is 1.57. The van der Waals surface area contributed by atoms with E-state index in [-0.39, 0.29) is 17.9 Å². The average Bonchev–Trinajstić information content (AvgIpc) is 2.27. The van der Waals surface area contributed by atoms with Gasteiger partial charge in [-0.3, -0.25) is 9.59 Å². The monoisotopic (exact) mass is 268 g/mol. The van der Waals surface area contributed by atoms with E-state index in [0.717, 1.165) is 5.56 Å². The van der Waals surface area contributed by atoms with Crippen LogP contribution in [-0.2, 0) is 9.59 Å². The number of amides is 2. The zero-order valence-corrected chi connectivity index (χ0v) is 11.4. The largest absolute Gasteiger partial charge is 0.348 e. The van der Waals surface area contributed by atoms with Crippen molar-refractivity contribution in [2.45, 2.75) is 32.9 Å². The Morgan fingerprint density at radius 3 is 2.44 bits per heavy atom. The Kier molecular flexibility index (Phi) is 5.16. The van der Waals surface area contributed by atoms with Gasteiger partial charge in [0.15, 0.2) is 0 Å². The highest BCUT2D eigenvalue weighted by molar-refractivity contribution is 6.30. The fraction of sp³-hybridized carbons (Fsp3) is 0.385. The quantitative estimate of drug-likeness (QED) is 0.878. The molecule has 2 atom stereocenters. The topological polar surface area (TPSA) is 58.2 Å². The van der Waals surface area contributed by atoms with Crippen LogP contribution in [0.3, 0.4) is 0 Å². The number of hydrogen-bond acceptors (Lipinski definition) is 2. The van der Waals surface area contributed by atoms with Gasteiger partial charge in [-0.05, 0) is 31.5 Å². The molecule has 1 aromatic rings. The minimum Gasteiger partial charge on any atom is -0.348 e. The van der Waals surface area contributed by atoms with Gasteiger partial charge < -0.3 is 10.6 Å². The van der Waals surface area contributed by atoms with Crippen molar-refractivity contribution in [3.05, 3.63) is 34.9 Å². The van der Waals surface area contributed by atoms with E-state index in [1.54, 1.807) is 19.1 Å². The summed E-state index contributed by atoms with van der Waals surface area (Å²) in [5.41, 5.74) is 0.922. The van der Waals surface area contributed by atoms with Gasteiger partial charge in [-0.15, -0.1) is 0 Å². The Hall–Kier alpha value is -1.55. The molecule has 0 heterocycles. The second-order valence-corrected chi connectivity index (χ2v) is 4.64. The summed E-state index contributed by atoms with van der Waals surface area (Å²) in [6.07, 6.45) is 0. The van der Waals surface area contributed by atoms with E-state index in [9.17, 15) is 9.59 Å². The van der Waals surface area contributed by atoms with E-state index < -0.39 is 6.04 Å². The molecule has 0 spiro atoms. The molecule has 5 heteroatoms. The van der Waals surface area contributed by atoms with Crippen molar-refractivity contribution in [3.63, 3.8) is 0 Å². The van der Waals surface area contributed by atoms with Crippen LogP contribution in [0, 0.1) is 0 Å². The molecule has 1 rings (SSSR count). The molecule has 18 heavy (non-hydrogen) atoms. The van der Waals surface area contributed by atoms with Crippen LogP contribution in [0.4, 0.5) is 0 Å². The molecule has 2 amide bonds. The Balaban J connectivity index is 2.62. The van der Waals surface area contributed by atoms with Crippen LogP contribution in [-0.4, -0.2) is 17.9 Å². The molecule has 0 saturated carbocycles. The molecule has 2 N–H and O–H groups in total. The summed E-state index contributed by atoms with van der Waals surface area (Å²) in [5.74, 6) is -0.453. The lowest BCUT2D eigenvalue weighted by Crippen LogP contribution is -2.44. The summed E-state index contributed by atoms with van der Waals surface area (Å²) in [7, 11) is 0. The number of hydrogen-bond donors (Lipinski definition) is 2. The van der Waals surface area contributed by atoms with E-state index in [1.807, 2.05) is 19.1 Å². The first kappa shape index (κ1) is 14.5. The molecule has 0 radical (unpaired) electrons. The molecular formula is C13H17ClN2O2. The van der Waals surface area contributed by atoms with E-state index >= 15 is 0 Å². The predicted molar refractivity (Wildman–Crippen MR) is 71.3 cm³/mol. The van der Waals surface area contributed by atoms with Gasteiger partial charge in [0.05, 0.1) is 6.04 Å². The van der Waals surface area contributed by atoms with E-state index in [2.05, 4.69) is 10.6 Å². The number of rotatable bonds is 4. The molecule has 0 saturated heterocycles. The van der Waals surface area contributed by atoms with Crippen molar-refractivity contribution in [3.8, 4) is 0 Å². The molecule has 0 bridgehead atoms. The average molecular weight is 269 g/mol. The summed E-state index contributed by atoms with van der Waals surface area (Å²) < 4.78 is 0. The van der Waals surface area contributed by atoms with Crippen molar-refractivity contribution in [2.75, 3.05) is 0 Å². The molecule has 0 aliphatic carbocycles. The first-order chi connectivity index (χ1) is 8.40. The number of carbonyl (C=O) groups excluding carboxylic acids is 2. The Bertz CT molecular complexity index is 448. The first-order valence-corrected chi connectivity index (χ1v) is 6.11. The SMILES string of the molecule is CC(=O)N[C@@H](C)C(=O)N[C@@H](C)c1cccc(Cl)c1. The fourth-order valence-corrected chi connectivity index (χ4v) is 1.77. The van der Waals surface area contributed by atoms with Gasteiger partial charge in [-0.25, -0.2) is 0 Å². The van der Waals surface area contributed by atoms with Crippen LogP contribution >= 0.6 is 11.6 Å².